The van der Waals surface area contributed by atoms with Crippen LogP contribution < -0.4 is 62.9 Å². The number of rotatable bonds is 13. The molecule has 7 aliphatic rings. The molecule has 12 rings (SSSR count). The molecule has 0 spiro atoms. The average molecular weight is 1450 g/mol. The lowest BCUT2D eigenvalue weighted by Crippen LogP contribution is -2.64. The maximum atomic E-state index is 16.0. The number of likely N-dealkylation sites (N-methyl/N-ethyl adjacent to an activating group) is 1. The highest BCUT2D eigenvalue weighted by Crippen LogP contribution is 2.50. The number of aromatic hydroxyl groups is 3. The number of hydrogen-bond acceptors (Lipinski definition) is 25. The van der Waals surface area contributed by atoms with Crippen molar-refractivity contribution in [1.82, 2.24) is 37.2 Å². The number of nitrogens with one attached hydrogen (secondary N) is 7. The normalized spacial score (nSPS) is 29.4. The molecule has 0 aliphatic carbocycles. The zero-order chi connectivity index (χ0) is 73.5. The Hall–Kier alpha value is -9.20. The molecule has 0 saturated carbocycles. The van der Waals surface area contributed by atoms with Crippen molar-refractivity contribution in [2.24, 2.45) is 17.4 Å². The molecule has 2 fully saturated rings. The van der Waals surface area contributed by atoms with Crippen LogP contribution in [0, 0.1) is 5.92 Å². The van der Waals surface area contributed by atoms with Crippen LogP contribution in [0.5, 0.6) is 46.0 Å². The van der Waals surface area contributed by atoms with Crippen molar-refractivity contribution < 1.29 is 118 Å². The van der Waals surface area contributed by atoms with Crippen LogP contribution in [0.4, 0.5) is 0 Å². The van der Waals surface area contributed by atoms with Gasteiger partial charge in [-0.15, -0.1) is 0 Å². The van der Waals surface area contributed by atoms with Gasteiger partial charge in [-0.05, 0) is 110 Å². The lowest BCUT2D eigenvalue weighted by atomic mass is 9.86. The highest BCUT2D eigenvalue weighted by Gasteiger charge is 2.51. The second-order valence-electron chi connectivity index (χ2n) is 25.7. The number of carbonyl (C=O) groups excluding carboxylic acids is 7. The topological polar surface area (TPSA) is 530 Å². The number of phenolic OH excluding ortho intramolecular Hbond substituents is 3. The van der Waals surface area contributed by atoms with E-state index in [0.29, 0.717) is 0 Å². The molecule has 21 N–H and O–H groups in total. The number of amides is 7. The highest BCUT2D eigenvalue weighted by molar-refractivity contribution is 6.32. The van der Waals surface area contributed by atoms with Gasteiger partial charge in [-0.25, -0.2) is 4.79 Å². The Bertz CT molecular complexity index is 4070. The second kappa shape index (κ2) is 30.2. The molecule has 0 aromatic heterocycles. The van der Waals surface area contributed by atoms with Crippen molar-refractivity contribution in [2.75, 3.05) is 13.7 Å². The molecule has 101 heavy (non-hydrogen) atoms. The van der Waals surface area contributed by atoms with Gasteiger partial charge in [-0.3, -0.25) is 33.6 Å². The number of carboxylic acids is 1. The molecule has 5 aromatic carbocycles. The Morgan fingerprint density at radius 1 is 0.713 bits per heavy atom. The number of benzene rings is 5. The first-order chi connectivity index (χ1) is 47.7. The third-order valence-corrected chi connectivity index (χ3v) is 18.4. The minimum Gasteiger partial charge on any atom is -0.508 e. The summed E-state index contributed by atoms with van der Waals surface area (Å²) in [6, 6.07) is -0.679. The number of carbonyl (C=O) groups is 8. The van der Waals surface area contributed by atoms with E-state index in [9.17, 15) is 75.0 Å². The number of halogens is 2. The van der Waals surface area contributed by atoms with Gasteiger partial charge >= 0.3 is 5.97 Å². The van der Waals surface area contributed by atoms with Crippen LogP contribution in [-0.4, -0.2) is 191 Å². The Morgan fingerprint density at radius 2 is 1.32 bits per heavy atom. The molecular weight excluding hydrogens is 1370 g/mol. The minimum atomic E-state index is -2.35. The monoisotopic (exact) mass is 1450 g/mol. The molecule has 2 saturated heterocycles. The number of carboxylic acid groups (broad SMARTS) is 1. The lowest BCUT2D eigenvalue weighted by Gasteiger charge is -2.47. The van der Waals surface area contributed by atoms with Gasteiger partial charge in [0.2, 0.25) is 53.4 Å². The molecule has 35 heteroatoms. The molecule has 0 radical (unpaired) electrons. The van der Waals surface area contributed by atoms with E-state index in [1.54, 1.807) is 0 Å². The Balaban J connectivity index is 1.24. The predicted molar refractivity (Wildman–Crippen MR) is 349 cm³/mol. The van der Waals surface area contributed by atoms with Crippen LogP contribution in [0.3, 0.4) is 0 Å². The van der Waals surface area contributed by atoms with Crippen molar-refractivity contribution in [3.8, 4) is 57.1 Å². The summed E-state index contributed by atoms with van der Waals surface area (Å²) in [4.78, 5) is 117. The van der Waals surface area contributed by atoms with Crippen LogP contribution in [0.25, 0.3) is 11.1 Å². The van der Waals surface area contributed by atoms with E-state index in [-0.39, 0.29) is 46.2 Å². The molecule has 7 heterocycles. The lowest BCUT2D eigenvalue weighted by molar-refractivity contribution is -0.333. The van der Waals surface area contributed by atoms with Gasteiger partial charge in [0.25, 0.3) is 0 Å². The highest BCUT2D eigenvalue weighted by atomic mass is 35.5. The Morgan fingerprint density at radius 3 is 1.90 bits per heavy atom. The number of nitrogens with two attached hydrogens (primary N) is 2. The fourth-order valence-electron chi connectivity index (χ4n) is 12.5. The second-order valence-corrected chi connectivity index (χ2v) is 26.5. The first kappa shape index (κ1) is 74.5. The minimum absolute atomic E-state index is 0.0975. The summed E-state index contributed by atoms with van der Waals surface area (Å²) in [6.07, 6.45) is -18.6. The first-order valence-electron chi connectivity index (χ1n) is 31.6. The quantitative estimate of drug-likeness (QED) is 0.0743. The standard InChI is InChI=1S/C66H75Cl2N9O24/c1-23(2)12-34(71-5)58(88)76-49-51(83)26-7-10-38(32(67)14-26)97-40-16-28-17-41(55(40)101-65-56(54(86)53(85)42(22-78)99-65)100-44-21-66(4,70)57(87)24(3)96-44)98-39-11-8-27(15-33(39)68)52(84)50-63(93)75-48(64(94)95)31-18-29(79)19-37(81)45(31)30-13-25(6-9-36(30)80)46(60(90)77-50)74-61(91)47(28)73-59(89)35(20-43(69)82)72-62(49)92/h6-11,13-19,23-24,34-35,42,44,46-54,56-57,65,71,78-81,83-87H,12,20-22,70H2,1-5H3,(H2,69,82)(H,72,92)(H,73,89)(H,74,91)(H,75,93)(H,76,88)(H,77,90)(H,94,95)/t24?,34-,35+,42?,44?,46-,47-,48?,49?,50+,51-,52-,53-,54+,56?,57?,65-,66?/m1/s1. The van der Waals surface area contributed by atoms with Crippen molar-refractivity contribution >= 4 is 70.5 Å². The molecule has 5 aromatic rings. The zero-order valence-electron chi connectivity index (χ0n) is 54.3. The van der Waals surface area contributed by atoms with Crippen LogP contribution >= 0.6 is 23.2 Å². The number of aliphatic hydroxyl groups excluding tert-OH is 6. The number of phenols is 3. The van der Waals surface area contributed by atoms with Crippen LogP contribution in [0.15, 0.2) is 78.9 Å². The number of aliphatic hydroxyl groups is 6. The van der Waals surface area contributed by atoms with E-state index in [1.165, 1.54) is 33.0 Å². The molecule has 11 bridgehead atoms. The molecule has 8 unspecified atom stereocenters. The first-order valence-corrected chi connectivity index (χ1v) is 32.4. The van der Waals surface area contributed by atoms with Gasteiger partial charge in [0.05, 0.1) is 41.3 Å². The van der Waals surface area contributed by atoms with E-state index >= 15 is 14.4 Å². The van der Waals surface area contributed by atoms with E-state index < -0.39 is 237 Å². The fraction of sp³-hybridized carbons (Fsp3) is 0.424. The molecule has 33 nitrogen and oxygen atoms in total. The summed E-state index contributed by atoms with van der Waals surface area (Å²) >= 11 is 14.1. The predicted octanol–water partition coefficient (Wildman–Crippen LogP) is 0.106. The summed E-state index contributed by atoms with van der Waals surface area (Å²) in [5, 5.41) is 131. The SMILES string of the molecule is CN[C@H](CC(C)C)C(=O)NC1C(=O)N[C@@H](CC(N)=O)C(=O)N[C@H]2C(=O)N[C@H]3C(=O)N[C@H](C(=O)NC(C(=O)O)c4cc(O)cc(O)c4-c4cc3ccc4O)[C@H](O)c3ccc(c(Cl)c3)Oc3cc2cc(c3O[C@H]2OC(CO)[C@@H](O)[C@H](O)C2OC2CC(C)(N)C(O)C(C)O2)Oc2ccc(cc2Cl)[C@H]1O. The number of primary amides is 1. The summed E-state index contributed by atoms with van der Waals surface area (Å²) < 4.78 is 38.3. The van der Waals surface area contributed by atoms with Gasteiger partial charge in [0.15, 0.2) is 29.9 Å². The van der Waals surface area contributed by atoms with Crippen LogP contribution in [-0.2, 0) is 52.6 Å². The van der Waals surface area contributed by atoms with Crippen molar-refractivity contribution in [1.29, 1.82) is 0 Å². The number of aliphatic carboxylic acids is 1. The van der Waals surface area contributed by atoms with Gasteiger partial charge in [-0.2, -0.15) is 0 Å². The summed E-state index contributed by atoms with van der Waals surface area (Å²) in [5.74, 6) is -16.0. The molecule has 18 atom stereocenters. The van der Waals surface area contributed by atoms with Gasteiger partial charge in [0, 0.05) is 34.7 Å². The van der Waals surface area contributed by atoms with Gasteiger partial charge < -0.3 is 128 Å². The zero-order valence-corrected chi connectivity index (χ0v) is 55.8. The van der Waals surface area contributed by atoms with Crippen LogP contribution in [0.2, 0.25) is 10.0 Å². The maximum Gasteiger partial charge on any atom is 0.330 e. The summed E-state index contributed by atoms with van der Waals surface area (Å²) in [5.41, 5.74) is 8.00. The van der Waals surface area contributed by atoms with Gasteiger partial charge in [0.1, 0.15) is 89.5 Å². The Labute approximate surface area is 584 Å². The third-order valence-electron chi connectivity index (χ3n) is 17.8. The fourth-order valence-corrected chi connectivity index (χ4v) is 12.9. The van der Waals surface area contributed by atoms with E-state index in [2.05, 4.69) is 37.2 Å². The smallest absolute Gasteiger partial charge is 0.330 e. The van der Waals surface area contributed by atoms with Crippen LogP contribution in [0.1, 0.15) is 105 Å². The largest absolute Gasteiger partial charge is 0.508 e. The van der Waals surface area contributed by atoms with Crippen molar-refractivity contribution in [2.45, 2.75) is 156 Å². The van der Waals surface area contributed by atoms with Gasteiger partial charge in [-0.1, -0.05) is 55.2 Å². The summed E-state index contributed by atoms with van der Waals surface area (Å²) in [7, 11) is 1.47. The number of ether oxygens (including phenoxy) is 6. The Kier molecular flexibility index (Phi) is 22.2. The van der Waals surface area contributed by atoms with E-state index in [0.717, 1.165) is 66.7 Å². The van der Waals surface area contributed by atoms with Crippen molar-refractivity contribution in [3.63, 3.8) is 0 Å². The molecule has 542 valence electrons. The average Bonchev–Trinajstić information content (AvgIpc) is 0.775. The van der Waals surface area contributed by atoms with E-state index in [4.69, 9.17) is 63.1 Å². The molecule has 7 amide bonds. The van der Waals surface area contributed by atoms with E-state index in [1.807, 2.05) is 13.8 Å². The third kappa shape index (κ3) is 15.8. The maximum absolute atomic E-state index is 16.0. The summed E-state index contributed by atoms with van der Waals surface area (Å²) in [6.45, 7) is 5.66. The molecular formula is C66H75Cl2N9O24. The number of fused-ring (bicyclic) bond motifs is 15. The van der Waals surface area contributed by atoms with Crippen molar-refractivity contribution in [3.05, 3.63) is 117 Å². The molecule has 7 aliphatic heterocycles. The number of hydrogen-bond donors (Lipinski definition) is 19.